The third-order valence-corrected chi connectivity index (χ3v) is 3.13. The number of ether oxygens (including phenoxy) is 1. The van der Waals surface area contributed by atoms with Gasteiger partial charge in [-0.1, -0.05) is 35.9 Å². The van der Waals surface area contributed by atoms with Gasteiger partial charge in [0.1, 0.15) is 5.15 Å². The van der Waals surface area contributed by atoms with E-state index in [1.165, 1.54) is 13.3 Å². The number of aromatic nitrogens is 1. The van der Waals surface area contributed by atoms with E-state index in [2.05, 4.69) is 15.0 Å². The molecule has 0 radical (unpaired) electrons. The molecule has 0 aliphatic carbocycles. The van der Waals surface area contributed by atoms with Gasteiger partial charge >= 0.3 is 5.97 Å². The van der Waals surface area contributed by atoms with Gasteiger partial charge in [0.05, 0.1) is 19.1 Å². The second-order valence-electron chi connectivity index (χ2n) is 4.09. The first-order valence-corrected chi connectivity index (χ1v) is 6.39. The standard InChI is InChI=1S/C14H13ClN2O3/c1-20-12(18)6-7-16-14(19)11-8-17-13(15)10-5-3-2-4-9(10)11/h2-5,8H,6-7H2,1H3,(H,16,19). The van der Waals surface area contributed by atoms with Gasteiger partial charge in [0.25, 0.3) is 5.91 Å². The molecule has 0 saturated heterocycles. The molecule has 6 heteroatoms. The van der Waals surface area contributed by atoms with Crippen LogP contribution in [0.25, 0.3) is 10.8 Å². The van der Waals surface area contributed by atoms with Crippen LogP contribution in [0.2, 0.25) is 5.15 Å². The van der Waals surface area contributed by atoms with Crippen molar-refractivity contribution in [1.82, 2.24) is 10.3 Å². The largest absolute Gasteiger partial charge is 0.469 e. The highest BCUT2D eigenvalue weighted by atomic mass is 35.5. The predicted octanol–water partition coefficient (Wildman–Crippen LogP) is 2.18. The van der Waals surface area contributed by atoms with E-state index in [0.29, 0.717) is 10.7 Å². The molecule has 0 fully saturated rings. The summed E-state index contributed by atoms with van der Waals surface area (Å²) in [6, 6.07) is 7.26. The maximum Gasteiger partial charge on any atom is 0.307 e. The van der Waals surface area contributed by atoms with E-state index in [-0.39, 0.29) is 24.8 Å². The first-order chi connectivity index (χ1) is 9.63. The average Bonchev–Trinajstić information content (AvgIpc) is 2.47. The quantitative estimate of drug-likeness (QED) is 0.693. The number of benzene rings is 1. The lowest BCUT2D eigenvalue weighted by molar-refractivity contribution is -0.140. The first-order valence-electron chi connectivity index (χ1n) is 6.01. The number of hydrogen-bond acceptors (Lipinski definition) is 4. The van der Waals surface area contributed by atoms with E-state index in [4.69, 9.17) is 11.6 Å². The third-order valence-electron chi connectivity index (χ3n) is 2.83. The monoisotopic (exact) mass is 292 g/mol. The average molecular weight is 293 g/mol. The van der Waals surface area contributed by atoms with Crippen molar-refractivity contribution in [2.24, 2.45) is 0 Å². The van der Waals surface area contributed by atoms with Crippen LogP contribution >= 0.6 is 11.6 Å². The second kappa shape index (κ2) is 6.34. The summed E-state index contributed by atoms with van der Waals surface area (Å²) in [7, 11) is 1.31. The van der Waals surface area contributed by atoms with E-state index in [9.17, 15) is 9.59 Å². The predicted molar refractivity (Wildman–Crippen MR) is 75.7 cm³/mol. The number of pyridine rings is 1. The summed E-state index contributed by atoms with van der Waals surface area (Å²) < 4.78 is 4.50. The number of carbonyl (C=O) groups is 2. The van der Waals surface area contributed by atoms with E-state index in [1.54, 1.807) is 12.1 Å². The van der Waals surface area contributed by atoms with E-state index in [1.807, 2.05) is 12.1 Å². The van der Waals surface area contributed by atoms with Crippen molar-refractivity contribution in [2.75, 3.05) is 13.7 Å². The van der Waals surface area contributed by atoms with Crippen molar-refractivity contribution >= 4 is 34.2 Å². The molecule has 2 rings (SSSR count). The Kier molecular flexibility index (Phi) is 4.53. The van der Waals surface area contributed by atoms with Gasteiger partial charge in [-0.2, -0.15) is 0 Å². The highest BCUT2D eigenvalue weighted by Crippen LogP contribution is 2.23. The van der Waals surface area contributed by atoms with Crippen LogP contribution in [0.1, 0.15) is 16.8 Å². The van der Waals surface area contributed by atoms with Gasteiger partial charge in [0.2, 0.25) is 0 Å². The molecule has 0 aliphatic rings. The van der Waals surface area contributed by atoms with Crippen LogP contribution in [0.15, 0.2) is 30.5 Å². The molecule has 0 saturated carbocycles. The summed E-state index contributed by atoms with van der Waals surface area (Å²) in [5.41, 5.74) is 0.426. The molecule has 104 valence electrons. The number of rotatable bonds is 4. The molecule has 1 heterocycles. The Hall–Kier alpha value is -2.14. The number of hydrogen-bond donors (Lipinski definition) is 1. The Labute approximate surface area is 120 Å². The molecule has 0 spiro atoms. The van der Waals surface area contributed by atoms with E-state index < -0.39 is 0 Å². The summed E-state index contributed by atoms with van der Waals surface area (Å²) in [6.07, 6.45) is 1.55. The molecule has 0 atom stereocenters. The number of halogens is 1. The molecular formula is C14H13ClN2O3. The normalized spacial score (nSPS) is 10.3. The first kappa shape index (κ1) is 14.3. The van der Waals surface area contributed by atoms with Gasteiger partial charge < -0.3 is 10.1 Å². The number of esters is 1. The maximum absolute atomic E-state index is 12.1. The molecule has 2 aromatic rings. The summed E-state index contributed by atoms with van der Waals surface area (Å²) in [6.45, 7) is 0.211. The van der Waals surface area contributed by atoms with Gasteiger partial charge in [0.15, 0.2) is 0 Å². The number of methoxy groups -OCH3 is 1. The van der Waals surface area contributed by atoms with E-state index in [0.717, 1.165) is 10.8 Å². The number of nitrogens with one attached hydrogen (secondary N) is 1. The van der Waals surface area contributed by atoms with Crippen LogP contribution in [-0.4, -0.2) is 30.5 Å². The van der Waals surface area contributed by atoms with Crippen molar-refractivity contribution in [1.29, 1.82) is 0 Å². The smallest absolute Gasteiger partial charge is 0.307 e. The third kappa shape index (κ3) is 3.05. The van der Waals surface area contributed by atoms with Crippen molar-refractivity contribution < 1.29 is 14.3 Å². The molecule has 0 unspecified atom stereocenters. The van der Waals surface area contributed by atoms with Gasteiger partial charge in [-0.3, -0.25) is 9.59 Å². The molecular weight excluding hydrogens is 280 g/mol. The van der Waals surface area contributed by atoms with E-state index >= 15 is 0 Å². The molecule has 0 bridgehead atoms. The Morgan fingerprint density at radius 1 is 1.30 bits per heavy atom. The molecule has 0 aliphatic heterocycles. The second-order valence-corrected chi connectivity index (χ2v) is 4.45. The molecule has 1 N–H and O–H groups in total. The molecule has 1 amide bonds. The van der Waals surface area contributed by atoms with Crippen LogP contribution < -0.4 is 5.32 Å². The number of nitrogens with zero attached hydrogens (tertiary/aromatic N) is 1. The summed E-state index contributed by atoms with van der Waals surface area (Å²) >= 11 is 5.99. The lowest BCUT2D eigenvalue weighted by Crippen LogP contribution is -2.26. The zero-order chi connectivity index (χ0) is 14.5. The number of carbonyl (C=O) groups excluding carboxylic acids is 2. The Morgan fingerprint density at radius 3 is 2.70 bits per heavy atom. The summed E-state index contributed by atoms with van der Waals surface area (Å²) in [5.74, 6) is -0.668. The SMILES string of the molecule is COC(=O)CCNC(=O)c1cnc(Cl)c2ccccc12. The zero-order valence-corrected chi connectivity index (χ0v) is 11.6. The van der Waals surface area contributed by atoms with Crippen LogP contribution in [0.4, 0.5) is 0 Å². The maximum atomic E-state index is 12.1. The Morgan fingerprint density at radius 2 is 2.00 bits per heavy atom. The Balaban J connectivity index is 2.18. The number of amides is 1. The highest BCUT2D eigenvalue weighted by Gasteiger charge is 2.12. The van der Waals surface area contributed by atoms with Crippen LogP contribution in [0.5, 0.6) is 0 Å². The van der Waals surface area contributed by atoms with Gasteiger partial charge in [-0.05, 0) is 5.39 Å². The minimum atomic E-state index is -0.371. The van der Waals surface area contributed by atoms with Crippen molar-refractivity contribution in [3.05, 3.63) is 41.2 Å². The van der Waals surface area contributed by atoms with Gasteiger partial charge in [-0.25, -0.2) is 4.98 Å². The van der Waals surface area contributed by atoms with Gasteiger partial charge in [0, 0.05) is 18.1 Å². The fourth-order valence-electron chi connectivity index (χ4n) is 1.81. The summed E-state index contributed by atoms with van der Waals surface area (Å²) in [4.78, 5) is 27.1. The molecule has 1 aromatic heterocycles. The lowest BCUT2D eigenvalue weighted by Gasteiger charge is -2.08. The van der Waals surface area contributed by atoms with Crippen molar-refractivity contribution in [3.8, 4) is 0 Å². The molecule has 20 heavy (non-hydrogen) atoms. The summed E-state index contributed by atoms with van der Waals surface area (Å²) in [5, 5.41) is 4.45. The minimum Gasteiger partial charge on any atom is -0.469 e. The van der Waals surface area contributed by atoms with Crippen LogP contribution in [0, 0.1) is 0 Å². The topological polar surface area (TPSA) is 68.3 Å². The highest BCUT2D eigenvalue weighted by molar-refractivity contribution is 6.34. The van der Waals surface area contributed by atoms with Gasteiger partial charge in [-0.15, -0.1) is 0 Å². The zero-order valence-electron chi connectivity index (χ0n) is 10.9. The minimum absolute atomic E-state index is 0.126. The molecule has 1 aromatic carbocycles. The lowest BCUT2D eigenvalue weighted by atomic mass is 10.1. The molecule has 5 nitrogen and oxygen atoms in total. The Bertz CT molecular complexity index is 658. The van der Waals surface area contributed by atoms with Crippen molar-refractivity contribution in [2.45, 2.75) is 6.42 Å². The van der Waals surface area contributed by atoms with Crippen LogP contribution in [0.3, 0.4) is 0 Å². The fourth-order valence-corrected chi connectivity index (χ4v) is 2.03. The van der Waals surface area contributed by atoms with Crippen molar-refractivity contribution in [3.63, 3.8) is 0 Å². The number of fused-ring (bicyclic) bond motifs is 1. The fraction of sp³-hybridized carbons (Fsp3) is 0.214. The van der Waals surface area contributed by atoms with Crippen LogP contribution in [-0.2, 0) is 9.53 Å².